The summed E-state index contributed by atoms with van der Waals surface area (Å²) in [6.45, 7) is 0. The van der Waals surface area contributed by atoms with Crippen molar-refractivity contribution in [2.24, 2.45) is 0 Å². The lowest BCUT2D eigenvalue weighted by Gasteiger charge is -2.14. The average molecular weight is 381 g/mol. The Balaban J connectivity index is 1.52. The highest BCUT2D eigenvalue weighted by Gasteiger charge is 2.26. The Morgan fingerprint density at radius 3 is 2.68 bits per heavy atom. The minimum Gasteiger partial charge on any atom is -0.474 e. The van der Waals surface area contributed by atoms with Gasteiger partial charge in [0.1, 0.15) is 6.10 Å². The largest absolute Gasteiger partial charge is 0.474 e. The van der Waals surface area contributed by atoms with Crippen LogP contribution in [0.2, 0.25) is 0 Å². The monoisotopic (exact) mass is 380 g/mol. The van der Waals surface area contributed by atoms with Gasteiger partial charge in [0, 0.05) is 46.5 Å². The van der Waals surface area contributed by atoms with Gasteiger partial charge >= 0.3 is 0 Å². The molecule has 1 N–H and O–H groups in total. The second-order valence-corrected chi connectivity index (χ2v) is 6.95. The van der Waals surface area contributed by atoms with Crippen molar-refractivity contribution in [3.8, 4) is 5.88 Å². The molecule has 0 aromatic carbocycles. The Morgan fingerprint density at radius 1 is 1.18 bits per heavy atom. The molecule has 0 spiro atoms. The fourth-order valence-corrected chi connectivity index (χ4v) is 3.01. The predicted octanol–water partition coefficient (Wildman–Crippen LogP) is 3.77. The quantitative estimate of drug-likeness (QED) is 0.796. The maximum Gasteiger partial charge on any atom is 0.222 e. The van der Waals surface area contributed by atoms with Crippen LogP contribution in [0.4, 0.5) is 5.95 Å². The van der Waals surface area contributed by atoms with Crippen LogP contribution in [0.25, 0.3) is 0 Å². The van der Waals surface area contributed by atoms with Gasteiger partial charge in [0.2, 0.25) is 11.8 Å². The molecule has 2 aromatic heterocycles. The van der Waals surface area contributed by atoms with E-state index >= 15 is 0 Å². The summed E-state index contributed by atoms with van der Waals surface area (Å²) >= 11 is 5.01. The van der Waals surface area contributed by atoms with Crippen LogP contribution in [0.3, 0.4) is 0 Å². The molecule has 0 aliphatic heterocycles. The smallest absolute Gasteiger partial charge is 0.222 e. The zero-order chi connectivity index (χ0) is 15.4. The van der Waals surface area contributed by atoms with Crippen LogP contribution >= 0.6 is 27.7 Å². The zero-order valence-electron chi connectivity index (χ0n) is 12.2. The minimum atomic E-state index is 0.191. The van der Waals surface area contributed by atoms with Crippen molar-refractivity contribution in [1.82, 2.24) is 15.0 Å². The van der Waals surface area contributed by atoms with Crippen LogP contribution in [-0.2, 0) is 0 Å². The van der Waals surface area contributed by atoms with Crippen LogP contribution in [0.15, 0.2) is 40.1 Å². The van der Waals surface area contributed by atoms with Gasteiger partial charge in [-0.3, -0.25) is 0 Å². The first kappa shape index (κ1) is 15.6. The van der Waals surface area contributed by atoms with Crippen molar-refractivity contribution in [3.63, 3.8) is 0 Å². The van der Waals surface area contributed by atoms with E-state index in [2.05, 4.69) is 36.2 Å². The van der Waals surface area contributed by atoms with E-state index in [1.165, 1.54) is 0 Å². The normalized spacial score (nSPS) is 20.8. The van der Waals surface area contributed by atoms with Crippen LogP contribution in [0, 0.1) is 0 Å². The number of ether oxygens (including phenoxy) is 1. The number of pyridine rings is 1. The lowest BCUT2D eigenvalue weighted by atomic mass is 10.2. The van der Waals surface area contributed by atoms with Crippen molar-refractivity contribution >= 4 is 33.6 Å². The average Bonchev–Trinajstić information content (AvgIpc) is 2.97. The van der Waals surface area contributed by atoms with Crippen LogP contribution < -0.4 is 10.1 Å². The van der Waals surface area contributed by atoms with Gasteiger partial charge in [0.15, 0.2) is 0 Å². The van der Waals surface area contributed by atoms with E-state index in [-0.39, 0.29) is 6.10 Å². The molecule has 0 unspecified atom stereocenters. The van der Waals surface area contributed by atoms with Crippen LogP contribution in [0.1, 0.15) is 19.3 Å². The van der Waals surface area contributed by atoms with Crippen LogP contribution in [0.5, 0.6) is 5.88 Å². The highest BCUT2D eigenvalue weighted by molar-refractivity contribution is 9.10. The Kier molecular flexibility index (Phi) is 5.15. The topological polar surface area (TPSA) is 59.9 Å². The summed E-state index contributed by atoms with van der Waals surface area (Å²) in [5.74, 6) is 1.36. The van der Waals surface area contributed by atoms with Gasteiger partial charge in [-0.2, -0.15) is 0 Å². The molecule has 22 heavy (non-hydrogen) atoms. The Hall–Kier alpha value is -1.34. The molecule has 1 saturated carbocycles. The number of hydrogen-bond donors (Lipinski definition) is 1. The Bertz CT molecular complexity index is 608. The molecule has 2 heterocycles. The number of thioether (sulfide) groups is 1. The van der Waals surface area contributed by atoms with E-state index < -0.39 is 0 Å². The van der Waals surface area contributed by atoms with Gasteiger partial charge in [0.25, 0.3) is 0 Å². The summed E-state index contributed by atoms with van der Waals surface area (Å²) in [5, 5.41) is 3.38. The number of hydrogen-bond acceptors (Lipinski definition) is 6. The lowest BCUT2D eigenvalue weighted by Crippen LogP contribution is -2.20. The lowest BCUT2D eigenvalue weighted by molar-refractivity contribution is 0.200. The summed E-state index contributed by atoms with van der Waals surface area (Å²) < 4.78 is 6.87. The SMILES string of the molecule is CSc1cnc(N[C@H]2CC[C@H](Oc3ccc(Br)cn3)C2)nc1. The molecule has 1 fully saturated rings. The first-order chi connectivity index (χ1) is 10.7. The summed E-state index contributed by atoms with van der Waals surface area (Å²) in [7, 11) is 0. The maximum absolute atomic E-state index is 5.92. The molecule has 3 rings (SSSR count). The molecule has 2 aromatic rings. The van der Waals surface area contributed by atoms with Crippen molar-refractivity contribution in [2.75, 3.05) is 11.6 Å². The molecule has 0 saturated heterocycles. The molecule has 116 valence electrons. The van der Waals surface area contributed by atoms with Gasteiger partial charge in [-0.05, 0) is 41.1 Å². The highest BCUT2D eigenvalue weighted by Crippen LogP contribution is 2.26. The fourth-order valence-electron chi connectivity index (χ4n) is 2.46. The van der Waals surface area contributed by atoms with Crippen molar-refractivity contribution in [1.29, 1.82) is 0 Å². The minimum absolute atomic E-state index is 0.191. The summed E-state index contributed by atoms with van der Waals surface area (Å²) in [4.78, 5) is 14.0. The van der Waals surface area contributed by atoms with Crippen molar-refractivity contribution in [3.05, 3.63) is 35.2 Å². The number of nitrogens with zero attached hydrogens (tertiary/aromatic N) is 3. The van der Waals surface area contributed by atoms with Gasteiger partial charge in [-0.1, -0.05) is 0 Å². The number of aromatic nitrogens is 3. The zero-order valence-corrected chi connectivity index (χ0v) is 14.6. The maximum atomic E-state index is 5.92. The van der Waals surface area contributed by atoms with Crippen LogP contribution in [-0.4, -0.2) is 33.4 Å². The Morgan fingerprint density at radius 2 is 2.00 bits per heavy atom. The molecule has 1 aliphatic rings. The highest BCUT2D eigenvalue weighted by atomic mass is 79.9. The van der Waals surface area contributed by atoms with E-state index in [0.717, 1.165) is 28.6 Å². The van der Waals surface area contributed by atoms with E-state index in [1.807, 2.05) is 30.8 Å². The fraction of sp³-hybridized carbons (Fsp3) is 0.400. The molecule has 5 nitrogen and oxygen atoms in total. The van der Waals surface area contributed by atoms with Gasteiger partial charge in [-0.25, -0.2) is 15.0 Å². The third-order valence-corrected chi connectivity index (χ3v) is 4.72. The third kappa shape index (κ3) is 4.10. The first-order valence-electron chi connectivity index (χ1n) is 7.13. The summed E-state index contributed by atoms with van der Waals surface area (Å²) in [5.41, 5.74) is 0. The number of anilines is 1. The summed E-state index contributed by atoms with van der Waals surface area (Å²) in [6.07, 6.45) is 10.6. The predicted molar refractivity (Wildman–Crippen MR) is 91.4 cm³/mol. The standard InChI is InChI=1S/C15H17BrN4OS/c1-22-13-8-18-15(19-9-13)20-11-3-4-12(6-11)21-14-5-2-10(16)7-17-14/h2,5,7-9,11-12H,3-4,6H2,1H3,(H,18,19,20)/t11-,12-/m0/s1. The van der Waals surface area contributed by atoms with E-state index in [9.17, 15) is 0 Å². The third-order valence-electron chi connectivity index (χ3n) is 3.57. The second kappa shape index (κ2) is 7.28. The van der Waals surface area contributed by atoms with Gasteiger partial charge in [-0.15, -0.1) is 11.8 Å². The molecule has 7 heteroatoms. The number of rotatable bonds is 5. The van der Waals surface area contributed by atoms with Crippen molar-refractivity contribution in [2.45, 2.75) is 36.3 Å². The number of nitrogens with one attached hydrogen (secondary N) is 1. The van der Waals surface area contributed by atoms with E-state index in [1.54, 1.807) is 18.0 Å². The molecule has 0 bridgehead atoms. The molecule has 2 atom stereocenters. The first-order valence-corrected chi connectivity index (χ1v) is 9.15. The summed E-state index contributed by atoms with van der Waals surface area (Å²) in [6, 6.07) is 4.17. The molecular formula is C15H17BrN4OS. The van der Waals surface area contributed by atoms with Gasteiger partial charge in [0.05, 0.1) is 0 Å². The molecular weight excluding hydrogens is 364 g/mol. The Labute approximate surface area is 142 Å². The van der Waals surface area contributed by atoms with E-state index in [4.69, 9.17) is 4.74 Å². The molecule has 0 radical (unpaired) electrons. The van der Waals surface area contributed by atoms with Crippen molar-refractivity contribution < 1.29 is 4.74 Å². The number of halogens is 1. The van der Waals surface area contributed by atoms with E-state index in [0.29, 0.717) is 17.9 Å². The molecule has 0 amide bonds. The second-order valence-electron chi connectivity index (χ2n) is 5.16. The molecule has 1 aliphatic carbocycles. The van der Waals surface area contributed by atoms with Gasteiger partial charge < -0.3 is 10.1 Å².